The molecule has 0 spiro atoms. The SMILES string of the molecule is CC(C)OC(=O)CCC/C=C\C[C@@H]1[C@@H](CC[C@@H](O)CCc2ccccc2)[C@@H](O)C[C@@H]1O. The summed E-state index contributed by atoms with van der Waals surface area (Å²) < 4.78 is 5.12. The number of aliphatic hydroxyl groups excluding tert-OH is 3. The van der Waals surface area contributed by atoms with Gasteiger partial charge in [0.1, 0.15) is 0 Å². The number of carbonyl (C=O) groups excluding carboxylic acids is 1. The van der Waals surface area contributed by atoms with E-state index in [0.29, 0.717) is 38.5 Å². The van der Waals surface area contributed by atoms with Gasteiger partial charge in [0.05, 0.1) is 24.4 Å². The lowest BCUT2D eigenvalue weighted by molar-refractivity contribution is -0.147. The van der Waals surface area contributed by atoms with Crippen molar-refractivity contribution in [2.45, 2.75) is 96.1 Å². The van der Waals surface area contributed by atoms with E-state index in [1.54, 1.807) is 0 Å². The largest absolute Gasteiger partial charge is 0.463 e. The molecular formula is C26H40O5. The number of unbranched alkanes of at least 4 members (excludes halogenated alkanes) is 1. The van der Waals surface area contributed by atoms with Gasteiger partial charge < -0.3 is 20.1 Å². The predicted octanol–water partition coefficient (Wildman–Crippen LogP) is 4.19. The summed E-state index contributed by atoms with van der Waals surface area (Å²) in [6.45, 7) is 3.69. The van der Waals surface area contributed by atoms with Gasteiger partial charge >= 0.3 is 5.97 Å². The second-order valence-corrected chi connectivity index (χ2v) is 9.09. The number of carbonyl (C=O) groups is 1. The van der Waals surface area contributed by atoms with Crippen molar-refractivity contribution in [3.05, 3.63) is 48.0 Å². The molecule has 1 aromatic rings. The van der Waals surface area contributed by atoms with Crippen molar-refractivity contribution < 1.29 is 24.9 Å². The number of aliphatic hydroxyl groups is 3. The monoisotopic (exact) mass is 432 g/mol. The molecule has 0 unspecified atom stereocenters. The maximum atomic E-state index is 11.5. The molecule has 5 atom stereocenters. The fraction of sp³-hybridized carbons (Fsp3) is 0.654. The summed E-state index contributed by atoms with van der Waals surface area (Å²) in [5.41, 5.74) is 1.22. The molecule has 0 heterocycles. The highest BCUT2D eigenvalue weighted by Gasteiger charge is 2.40. The lowest BCUT2D eigenvalue weighted by Gasteiger charge is -2.23. The number of ether oxygens (including phenoxy) is 1. The Balaban J connectivity index is 1.70. The zero-order chi connectivity index (χ0) is 22.6. The van der Waals surface area contributed by atoms with Crippen molar-refractivity contribution in [2.75, 3.05) is 0 Å². The first-order valence-electron chi connectivity index (χ1n) is 11.8. The standard InChI is InChI=1S/C26H40O5/c1-19(2)31-26(30)13-9-4-3-8-12-22-23(25(29)18-24(22)28)17-16-21(27)15-14-20-10-6-5-7-11-20/h3,5-8,10-11,19,21-25,27-29H,4,9,12-18H2,1-2H3/b8-3-/t21-,22+,23+,24-,25-/m0/s1. The molecule has 1 fully saturated rings. The topological polar surface area (TPSA) is 87.0 Å². The van der Waals surface area contributed by atoms with Crippen LogP contribution in [0.15, 0.2) is 42.5 Å². The van der Waals surface area contributed by atoms with Gasteiger partial charge in [0.15, 0.2) is 0 Å². The van der Waals surface area contributed by atoms with E-state index in [1.807, 2.05) is 38.1 Å². The highest BCUT2D eigenvalue weighted by molar-refractivity contribution is 5.69. The molecule has 2 rings (SSSR count). The van der Waals surface area contributed by atoms with Crippen molar-refractivity contribution in [1.82, 2.24) is 0 Å². The van der Waals surface area contributed by atoms with Crippen molar-refractivity contribution in [2.24, 2.45) is 11.8 Å². The Labute approximate surface area is 187 Å². The van der Waals surface area contributed by atoms with Gasteiger partial charge in [-0.05, 0) is 82.6 Å². The van der Waals surface area contributed by atoms with Gasteiger partial charge in [0, 0.05) is 6.42 Å². The van der Waals surface area contributed by atoms with E-state index in [9.17, 15) is 20.1 Å². The van der Waals surface area contributed by atoms with Crippen LogP contribution in [0.4, 0.5) is 0 Å². The number of esters is 1. The zero-order valence-corrected chi connectivity index (χ0v) is 19.0. The lowest BCUT2D eigenvalue weighted by atomic mass is 9.85. The average Bonchev–Trinajstić information content (AvgIpc) is 3.00. The number of rotatable bonds is 13. The molecule has 1 aliphatic rings. The summed E-state index contributed by atoms with van der Waals surface area (Å²) in [6.07, 6.45) is 8.58. The van der Waals surface area contributed by atoms with Gasteiger partial charge in [0.25, 0.3) is 0 Å². The molecule has 1 aromatic carbocycles. The third-order valence-electron chi connectivity index (χ3n) is 6.16. The van der Waals surface area contributed by atoms with E-state index in [4.69, 9.17) is 4.74 Å². The molecule has 5 heteroatoms. The van der Waals surface area contributed by atoms with Crippen LogP contribution in [0.2, 0.25) is 0 Å². The minimum atomic E-state index is -0.513. The van der Waals surface area contributed by atoms with Gasteiger partial charge in [-0.2, -0.15) is 0 Å². The molecule has 31 heavy (non-hydrogen) atoms. The molecule has 1 aliphatic carbocycles. The summed E-state index contributed by atoms with van der Waals surface area (Å²) in [5, 5.41) is 31.2. The molecule has 0 radical (unpaired) electrons. The average molecular weight is 433 g/mol. The maximum absolute atomic E-state index is 11.5. The fourth-order valence-electron chi connectivity index (χ4n) is 4.47. The quantitative estimate of drug-likeness (QED) is 0.247. The van der Waals surface area contributed by atoms with E-state index in [-0.39, 0.29) is 23.9 Å². The van der Waals surface area contributed by atoms with Crippen molar-refractivity contribution in [3.63, 3.8) is 0 Å². The van der Waals surface area contributed by atoms with E-state index in [1.165, 1.54) is 5.56 Å². The van der Waals surface area contributed by atoms with Gasteiger partial charge in [0.2, 0.25) is 0 Å². The molecular weight excluding hydrogens is 392 g/mol. The molecule has 3 N–H and O–H groups in total. The third-order valence-corrected chi connectivity index (χ3v) is 6.16. The van der Waals surface area contributed by atoms with Crippen LogP contribution in [0, 0.1) is 11.8 Å². The summed E-state index contributed by atoms with van der Waals surface area (Å²) >= 11 is 0. The normalized spacial score (nSPS) is 24.7. The number of aryl methyl sites for hydroxylation is 1. The minimum absolute atomic E-state index is 0.00652. The number of benzene rings is 1. The second-order valence-electron chi connectivity index (χ2n) is 9.09. The predicted molar refractivity (Wildman–Crippen MR) is 122 cm³/mol. The summed E-state index contributed by atoms with van der Waals surface area (Å²) in [7, 11) is 0. The molecule has 0 aliphatic heterocycles. The van der Waals surface area contributed by atoms with E-state index in [2.05, 4.69) is 18.2 Å². The Morgan fingerprint density at radius 3 is 2.52 bits per heavy atom. The Hall–Kier alpha value is -1.69. The van der Waals surface area contributed by atoms with Crippen LogP contribution in [0.25, 0.3) is 0 Å². The van der Waals surface area contributed by atoms with Gasteiger partial charge in [-0.15, -0.1) is 0 Å². The van der Waals surface area contributed by atoms with Gasteiger partial charge in [-0.25, -0.2) is 0 Å². The Morgan fingerprint density at radius 2 is 1.81 bits per heavy atom. The summed E-state index contributed by atoms with van der Waals surface area (Å²) in [4.78, 5) is 11.5. The van der Waals surface area contributed by atoms with Gasteiger partial charge in [-0.1, -0.05) is 42.5 Å². The molecule has 5 nitrogen and oxygen atoms in total. The smallest absolute Gasteiger partial charge is 0.306 e. The number of hydrogen-bond acceptors (Lipinski definition) is 5. The van der Waals surface area contributed by atoms with Crippen LogP contribution in [0.5, 0.6) is 0 Å². The zero-order valence-electron chi connectivity index (χ0n) is 19.0. The van der Waals surface area contributed by atoms with Crippen molar-refractivity contribution in [3.8, 4) is 0 Å². The molecule has 0 saturated heterocycles. The Morgan fingerprint density at radius 1 is 1.10 bits per heavy atom. The minimum Gasteiger partial charge on any atom is -0.463 e. The van der Waals surface area contributed by atoms with E-state index < -0.39 is 18.3 Å². The summed E-state index contributed by atoms with van der Waals surface area (Å²) in [6, 6.07) is 10.1. The fourth-order valence-corrected chi connectivity index (χ4v) is 4.47. The number of hydrogen-bond donors (Lipinski definition) is 3. The van der Waals surface area contributed by atoms with E-state index >= 15 is 0 Å². The van der Waals surface area contributed by atoms with Crippen LogP contribution in [-0.4, -0.2) is 45.7 Å². The van der Waals surface area contributed by atoms with Crippen molar-refractivity contribution >= 4 is 5.97 Å². The lowest BCUT2D eigenvalue weighted by Crippen LogP contribution is -2.23. The first-order chi connectivity index (χ1) is 14.9. The third kappa shape index (κ3) is 9.55. The molecule has 0 bridgehead atoms. The molecule has 0 aromatic heterocycles. The molecule has 1 saturated carbocycles. The highest BCUT2D eigenvalue weighted by atomic mass is 16.5. The van der Waals surface area contributed by atoms with Crippen LogP contribution in [-0.2, 0) is 16.0 Å². The van der Waals surface area contributed by atoms with Crippen LogP contribution < -0.4 is 0 Å². The maximum Gasteiger partial charge on any atom is 0.306 e. The Kier molecular flexibility index (Phi) is 11.3. The molecule has 174 valence electrons. The van der Waals surface area contributed by atoms with E-state index in [0.717, 1.165) is 19.3 Å². The highest BCUT2D eigenvalue weighted by Crippen LogP contribution is 2.38. The molecule has 0 amide bonds. The van der Waals surface area contributed by atoms with Crippen LogP contribution in [0.3, 0.4) is 0 Å². The first-order valence-corrected chi connectivity index (χ1v) is 11.8. The second kappa shape index (κ2) is 13.7. The number of allylic oxidation sites excluding steroid dienone is 2. The first kappa shape index (κ1) is 25.6. The van der Waals surface area contributed by atoms with Gasteiger partial charge in [-0.3, -0.25) is 4.79 Å². The van der Waals surface area contributed by atoms with Crippen LogP contribution >= 0.6 is 0 Å². The summed E-state index contributed by atoms with van der Waals surface area (Å²) in [5.74, 6) is -0.144. The van der Waals surface area contributed by atoms with Crippen LogP contribution in [0.1, 0.15) is 70.8 Å². The van der Waals surface area contributed by atoms with Crippen molar-refractivity contribution in [1.29, 1.82) is 0 Å². The Bertz CT molecular complexity index is 657.